The van der Waals surface area contributed by atoms with Crippen LogP contribution >= 0.6 is 0 Å². The third kappa shape index (κ3) is 2.33. The van der Waals surface area contributed by atoms with E-state index < -0.39 is 0 Å². The molecule has 5 heteroatoms. The number of nitrogens with two attached hydrogens (primary N) is 1. The van der Waals surface area contributed by atoms with Crippen LogP contribution in [0.1, 0.15) is 0 Å². The first kappa shape index (κ1) is 13.2. The van der Waals surface area contributed by atoms with Gasteiger partial charge in [0.05, 0.1) is 14.2 Å². The van der Waals surface area contributed by atoms with E-state index in [0.717, 1.165) is 22.0 Å². The first-order valence-electron chi connectivity index (χ1n) is 6.47. The number of methoxy groups -OCH3 is 2. The molecule has 21 heavy (non-hydrogen) atoms. The highest BCUT2D eigenvalue weighted by molar-refractivity contribution is 5.99. The van der Waals surface area contributed by atoms with Crippen LogP contribution in [0.3, 0.4) is 0 Å². The molecular weight excluding hydrogens is 266 g/mol. The van der Waals surface area contributed by atoms with Gasteiger partial charge in [0.25, 0.3) is 0 Å². The molecule has 0 atom stereocenters. The van der Waals surface area contributed by atoms with Crippen molar-refractivity contribution in [2.24, 2.45) is 0 Å². The van der Waals surface area contributed by atoms with E-state index in [4.69, 9.17) is 15.2 Å². The topological polar surface area (TPSA) is 70.3 Å². The van der Waals surface area contributed by atoms with E-state index in [2.05, 4.69) is 10.2 Å². The Morgan fingerprint density at radius 2 is 1.48 bits per heavy atom. The Labute approximate surface area is 122 Å². The number of rotatable bonds is 3. The molecule has 0 radical (unpaired) electrons. The molecule has 0 aliphatic rings. The van der Waals surface area contributed by atoms with Gasteiger partial charge in [0.1, 0.15) is 17.2 Å². The van der Waals surface area contributed by atoms with Gasteiger partial charge >= 0.3 is 0 Å². The zero-order valence-electron chi connectivity index (χ0n) is 11.8. The number of nitrogen functional groups attached to an aromatic ring is 1. The second-order valence-electron chi connectivity index (χ2n) is 4.58. The molecule has 0 saturated heterocycles. The van der Waals surface area contributed by atoms with Crippen LogP contribution < -0.4 is 15.2 Å². The van der Waals surface area contributed by atoms with Crippen molar-refractivity contribution in [2.75, 3.05) is 20.0 Å². The van der Waals surface area contributed by atoms with E-state index in [1.807, 2.05) is 42.5 Å². The molecule has 0 unspecified atom stereocenters. The van der Waals surface area contributed by atoms with Crippen LogP contribution in [0.2, 0.25) is 0 Å². The van der Waals surface area contributed by atoms with E-state index in [9.17, 15) is 0 Å². The number of aromatic nitrogens is 2. The van der Waals surface area contributed by atoms with E-state index in [1.165, 1.54) is 0 Å². The van der Waals surface area contributed by atoms with Crippen LogP contribution in [0.15, 0.2) is 42.5 Å². The van der Waals surface area contributed by atoms with Crippen LogP contribution in [0.25, 0.3) is 22.0 Å². The highest BCUT2D eigenvalue weighted by atomic mass is 16.5. The molecule has 0 fully saturated rings. The summed E-state index contributed by atoms with van der Waals surface area (Å²) in [6.45, 7) is 0. The minimum atomic E-state index is 0.421. The van der Waals surface area contributed by atoms with Crippen molar-refractivity contribution in [3.63, 3.8) is 0 Å². The Bertz CT molecular complexity index is 780. The Balaban J connectivity index is 2.28. The van der Waals surface area contributed by atoms with Crippen molar-refractivity contribution in [3.05, 3.63) is 42.5 Å². The summed E-state index contributed by atoms with van der Waals surface area (Å²) in [4.78, 5) is 0. The van der Waals surface area contributed by atoms with Crippen LogP contribution in [0.5, 0.6) is 11.5 Å². The van der Waals surface area contributed by atoms with Crippen LogP contribution in [-0.4, -0.2) is 24.4 Å². The maximum atomic E-state index is 5.89. The van der Waals surface area contributed by atoms with Crippen LogP contribution in [0.4, 0.5) is 5.82 Å². The summed E-state index contributed by atoms with van der Waals surface area (Å²) in [5.41, 5.74) is 7.51. The van der Waals surface area contributed by atoms with Crippen molar-refractivity contribution in [2.45, 2.75) is 0 Å². The lowest BCUT2D eigenvalue weighted by molar-refractivity contribution is 0.394. The number of nitrogens with zero attached hydrogens (tertiary/aromatic N) is 2. The Morgan fingerprint density at radius 1 is 0.857 bits per heavy atom. The monoisotopic (exact) mass is 281 g/mol. The molecule has 1 heterocycles. The number of benzene rings is 2. The van der Waals surface area contributed by atoms with Crippen molar-refractivity contribution in [3.8, 4) is 22.8 Å². The van der Waals surface area contributed by atoms with E-state index in [0.29, 0.717) is 17.3 Å². The van der Waals surface area contributed by atoms with Gasteiger partial charge < -0.3 is 15.2 Å². The van der Waals surface area contributed by atoms with Gasteiger partial charge in [0.15, 0.2) is 5.82 Å². The summed E-state index contributed by atoms with van der Waals surface area (Å²) < 4.78 is 10.6. The van der Waals surface area contributed by atoms with Crippen molar-refractivity contribution in [1.29, 1.82) is 0 Å². The maximum Gasteiger partial charge on any atom is 0.154 e. The summed E-state index contributed by atoms with van der Waals surface area (Å²) in [6.07, 6.45) is 0. The Kier molecular flexibility index (Phi) is 3.31. The summed E-state index contributed by atoms with van der Waals surface area (Å²) in [5, 5.41) is 10.1. The lowest BCUT2D eigenvalue weighted by Gasteiger charge is -2.10. The second kappa shape index (κ2) is 5.28. The normalized spacial score (nSPS) is 10.6. The van der Waals surface area contributed by atoms with Crippen molar-refractivity contribution < 1.29 is 9.47 Å². The minimum Gasteiger partial charge on any atom is -0.497 e. The van der Waals surface area contributed by atoms with Gasteiger partial charge in [-0.15, -0.1) is 10.2 Å². The maximum absolute atomic E-state index is 5.89. The summed E-state index contributed by atoms with van der Waals surface area (Å²) in [6, 6.07) is 13.4. The molecule has 2 aromatic carbocycles. The molecule has 0 saturated carbocycles. The molecule has 3 aromatic rings. The molecule has 0 spiro atoms. The lowest BCUT2D eigenvalue weighted by atomic mass is 10.0. The van der Waals surface area contributed by atoms with Gasteiger partial charge in [-0.25, -0.2) is 0 Å². The number of hydrogen-bond acceptors (Lipinski definition) is 5. The van der Waals surface area contributed by atoms with Crippen molar-refractivity contribution in [1.82, 2.24) is 10.2 Å². The lowest BCUT2D eigenvalue weighted by Crippen LogP contribution is -1.98. The standard InChI is InChI=1S/C16H15N3O2/c1-20-11-7-10(8-12(9-11)21-2)15-13-5-3-4-6-14(13)16(17)19-18-15/h3-9H,1-2H3,(H2,17,19). The fourth-order valence-corrected chi connectivity index (χ4v) is 2.28. The van der Waals surface area contributed by atoms with Crippen molar-refractivity contribution >= 4 is 16.6 Å². The molecule has 0 aliphatic carbocycles. The summed E-state index contributed by atoms with van der Waals surface area (Å²) in [5.74, 6) is 1.82. The average molecular weight is 281 g/mol. The van der Waals surface area contributed by atoms with E-state index in [-0.39, 0.29) is 0 Å². The molecular formula is C16H15N3O2. The molecule has 5 nitrogen and oxygen atoms in total. The quantitative estimate of drug-likeness (QED) is 0.799. The molecule has 0 aliphatic heterocycles. The fraction of sp³-hybridized carbons (Fsp3) is 0.125. The molecule has 106 valence electrons. The Morgan fingerprint density at radius 3 is 2.10 bits per heavy atom. The number of hydrogen-bond donors (Lipinski definition) is 1. The average Bonchev–Trinajstić information content (AvgIpc) is 2.55. The van der Waals surface area contributed by atoms with Gasteiger partial charge in [-0.3, -0.25) is 0 Å². The van der Waals surface area contributed by atoms with Crippen LogP contribution in [-0.2, 0) is 0 Å². The number of fused-ring (bicyclic) bond motifs is 1. The fourth-order valence-electron chi connectivity index (χ4n) is 2.28. The van der Waals surface area contributed by atoms with Gasteiger partial charge in [0.2, 0.25) is 0 Å². The molecule has 0 amide bonds. The van der Waals surface area contributed by atoms with Crippen LogP contribution in [0, 0.1) is 0 Å². The molecule has 1 aromatic heterocycles. The van der Waals surface area contributed by atoms with Gasteiger partial charge in [-0.2, -0.15) is 0 Å². The Hall–Kier alpha value is -2.82. The highest BCUT2D eigenvalue weighted by Gasteiger charge is 2.11. The second-order valence-corrected chi connectivity index (χ2v) is 4.58. The number of anilines is 1. The smallest absolute Gasteiger partial charge is 0.154 e. The molecule has 2 N–H and O–H groups in total. The van der Waals surface area contributed by atoms with Gasteiger partial charge in [0, 0.05) is 22.4 Å². The predicted octanol–water partition coefficient (Wildman–Crippen LogP) is 2.90. The van der Waals surface area contributed by atoms with Gasteiger partial charge in [-0.05, 0) is 12.1 Å². The van der Waals surface area contributed by atoms with E-state index in [1.54, 1.807) is 14.2 Å². The van der Waals surface area contributed by atoms with Gasteiger partial charge in [-0.1, -0.05) is 24.3 Å². The van der Waals surface area contributed by atoms with E-state index >= 15 is 0 Å². The number of ether oxygens (including phenoxy) is 2. The third-order valence-electron chi connectivity index (χ3n) is 3.34. The first-order chi connectivity index (χ1) is 10.2. The largest absolute Gasteiger partial charge is 0.497 e. The third-order valence-corrected chi connectivity index (χ3v) is 3.34. The highest BCUT2D eigenvalue weighted by Crippen LogP contribution is 2.33. The summed E-state index contributed by atoms with van der Waals surface area (Å²) >= 11 is 0. The minimum absolute atomic E-state index is 0.421. The predicted molar refractivity (Wildman–Crippen MR) is 82.5 cm³/mol. The zero-order chi connectivity index (χ0) is 14.8. The summed E-state index contributed by atoms with van der Waals surface area (Å²) in [7, 11) is 3.23. The first-order valence-corrected chi connectivity index (χ1v) is 6.47. The zero-order valence-corrected chi connectivity index (χ0v) is 11.8. The SMILES string of the molecule is COc1cc(OC)cc(-c2nnc(N)c3ccccc23)c1. The molecule has 3 rings (SSSR count). The molecule has 0 bridgehead atoms.